The van der Waals surface area contributed by atoms with Gasteiger partial charge >= 0.3 is 0 Å². The van der Waals surface area contributed by atoms with E-state index in [9.17, 15) is 29.4 Å². The number of hydrogen-bond acceptors (Lipinski definition) is 12. The van der Waals surface area contributed by atoms with Crippen molar-refractivity contribution in [2.45, 2.75) is 232 Å². The summed E-state index contributed by atoms with van der Waals surface area (Å²) in [6.07, 6.45) is 19.4. The molecule has 6 aliphatic heterocycles. The van der Waals surface area contributed by atoms with Crippen LogP contribution in [0.1, 0.15) is 171 Å². The molecule has 0 aromatic carbocycles. The van der Waals surface area contributed by atoms with Gasteiger partial charge in [0, 0.05) is 52.1 Å². The molecule has 6 N–H and O–H groups in total. The number of carbonyl (C=O) groups is 4. The van der Waals surface area contributed by atoms with Gasteiger partial charge in [0.05, 0.1) is 48.6 Å². The smallest absolute Gasteiger partial charge is 0.219 e. The lowest BCUT2D eigenvalue weighted by Crippen LogP contribution is -2.47. The summed E-state index contributed by atoms with van der Waals surface area (Å²) in [5, 5.41) is 43.6. The number of Topliss-reactive ketones (excluding diaryl/α,β-unsaturated/α-hetero) is 2. The Kier molecular flexibility index (Phi) is 39.5. The van der Waals surface area contributed by atoms with Gasteiger partial charge in [0.2, 0.25) is 11.8 Å². The Hall–Kier alpha value is 0.280. The topological polar surface area (TPSA) is 186 Å². The third-order valence-electron chi connectivity index (χ3n) is 12.9. The molecule has 0 aliphatic carbocycles. The summed E-state index contributed by atoms with van der Waals surface area (Å²) >= 11 is 0. The fraction of sp³-hybridized carbons (Fsp3) is 0.913. The van der Waals surface area contributed by atoms with Crippen LogP contribution >= 0.6 is 66.7 Å². The van der Waals surface area contributed by atoms with Crippen molar-refractivity contribution in [3.63, 3.8) is 0 Å². The van der Waals surface area contributed by atoms with Crippen LogP contribution in [0.4, 0.5) is 0 Å². The monoisotopic (exact) mass is 1170 g/mol. The van der Waals surface area contributed by atoms with Gasteiger partial charge in [0.1, 0.15) is 11.6 Å². The lowest BCUT2D eigenvalue weighted by atomic mass is 9.98. The summed E-state index contributed by atoms with van der Waals surface area (Å²) in [7, 11) is 5.25. The van der Waals surface area contributed by atoms with Crippen molar-refractivity contribution in [3.8, 4) is 0 Å². The first-order valence-corrected chi connectivity index (χ1v) is 25.1. The van der Waals surface area contributed by atoms with E-state index in [1.165, 1.54) is 51.4 Å². The van der Waals surface area contributed by atoms with E-state index in [4.69, 9.17) is 10.2 Å². The number of nitrogens with one attached hydrogen (secondary N) is 2. The number of carbonyl (C=O) groups excluding carboxylic acids is 4. The number of piperidine rings is 6. The van der Waals surface area contributed by atoms with Gasteiger partial charge in [-0.05, 0) is 145 Å². The van der Waals surface area contributed by atoms with E-state index in [1.54, 1.807) is 51.3 Å². The number of amides is 2. The Morgan fingerprint density at radius 3 is 0.938 bits per heavy atom. The first-order valence-electron chi connectivity index (χ1n) is 24.1. The average molecular weight is 1180 g/mol. The molecule has 0 spiro atoms. The van der Waals surface area contributed by atoms with E-state index in [0.29, 0.717) is 23.7 Å². The van der Waals surface area contributed by atoms with Gasteiger partial charge in [-0.1, -0.05) is 44.5 Å². The van der Waals surface area contributed by atoms with Gasteiger partial charge < -0.3 is 40.9 Å². The Bertz CT molecular complexity index is 1160. The lowest BCUT2D eigenvalue weighted by molar-refractivity contribution is -0.135. The van der Waals surface area contributed by atoms with E-state index in [-0.39, 0.29) is 96.1 Å². The minimum atomic E-state index is -0.394. The molecule has 0 aromatic heterocycles. The van der Waals surface area contributed by atoms with Crippen molar-refractivity contribution in [3.05, 3.63) is 0 Å². The molecule has 2 amide bonds. The van der Waals surface area contributed by atoms with Crippen molar-refractivity contribution in [1.29, 1.82) is 0 Å². The number of nitrogens with zero attached hydrogens (tertiary/aromatic N) is 4. The second-order valence-electron chi connectivity index (χ2n) is 18.3. The normalized spacial score (nSPS) is 28.0. The largest absolute Gasteiger partial charge is 0.392 e. The van der Waals surface area contributed by atoms with Crippen LogP contribution in [0.5, 0.6) is 0 Å². The Morgan fingerprint density at radius 2 is 0.750 bits per heavy atom. The van der Waals surface area contributed by atoms with Crippen LogP contribution in [0.2, 0.25) is 0 Å². The Balaban J connectivity index is 0. The summed E-state index contributed by atoms with van der Waals surface area (Å²) in [6, 6.07) is 1.18. The second kappa shape index (κ2) is 38.1. The quantitative estimate of drug-likeness (QED) is 0.130. The zero-order valence-corrected chi connectivity index (χ0v) is 47.9. The Labute approximate surface area is 427 Å². The predicted octanol–water partition coefficient (Wildman–Crippen LogP) is 6.23. The van der Waals surface area contributed by atoms with Crippen molar-refractivity contribution >= 4 is 90.1 Å². The molecule has 0 radical (unpaired) electrons. The first kappa shape index (κ1) is 66.4. The predicted molar refractivity (Wildman–Crippen MR) is 288 cm³/mol. The number of likely N-dealkylation sites (tertiary alicyclic amines) is 2. The molecule has 12 atom stereocenters. The van der Waals surface area contributed by atoms with Crippen LogP contribution in [0.3, 0.4) is 0 Å². The second-order valence-corrected chi connectivity index (χ2v) is 19.7. The van der Waals surface area contributed by atoms with Crippen molar-refractivity contribution in [1.82, 2.24) is 29.8 Å². The summed E-state index contributed by atoms with van der Waals surface area (Å²) in [5.41, 5.74) is 0. The van der Waals surface area contributed by atoms with Gasteiger partial charge in [-0.15, -0.1) is 48.0 Å². The van der Waals surface area contributed by atoms with E-state index in [0.717, 1.165) is 103 Å². The standard InChI is InChI=1S/2C9H17NO2.2C7H14NOP.2C7H15NO.2HI/c2*1-7(11)9-5-3-4-6-10(9)8(2)12;2*1-6(9)7-4-2-3-5-8(7)10;2*1-6(9)7-4-2-3-5-8-7;;/h2*7,9,11H,3-6H2,1-2H3;2*7H,2-5,10H2,1H3;2*6-9H,2-5H2,1H3;2*1H. The SMILES string of the molecule is CC(=O)C1CCCCN1P.CC(=O)C1CCCCN1P.CC(=O)N1CCCCC1C(C)O.CC(=O)N1CCCCC1C(C)O.CC(O)C1CCCCN1.CC(O)C1CCCCN1.I.I. The van der Waals surface area contributed by atoms with Gasteiger partial charge in [-0.3, -0.25) is 28.5 Å². The summed E-state index contributed by atoms with van der Waals surface area (Å²) in [4.78, 5) is 47.7. The number of rotatable bonds is 6. The van der Waals surface area contributed by atoms with Crippen LogP contribution in [-0.4, -0.2) is 163 Å². The molecule has 6 saturated heterocycles. The fourth-order valence-corrected chi connectivity index (χ4v) is 10.1. The van der Waals surface area contributed by atoms with Gasteiger partial charge in [-0.2, -0.15) is 0 Å². The number of hydrogen-bond donors (Lipinski definition) is 6. The van der Waals surface area contributed by atoms with Gasteiger partial charge in [0.15, 0.2) is 0 Å². The van der Waals surface area contributed by atoms with Gasteiger partial charge in [-0.25, -0.2) is 0 Å². The fourth-order valence-electron chi connectivity index (χ4n) is 9.06. The molecule has 0 bridgehead atoms. The highest BCUT2D eigenvalue weighted by Crippen LogP contribution is 2.23. The van der Waals surface area contributed by atoms with E-state index < -0.39 is 12.2 Å². The molecule has 18 heteroatoms. The molecule has 14 nitrogen and oxygen atoms in total. The number of halogens is 2. The molecule has 0 aromatic rings. The van der Waals surface area contributed by atoms with Crippen LogP contribution < -0.4 is 10.6 Å². The van der Waals surface area contributed by atoms with Crippen LogP contribution in [0.15, 0.2) is 0 Å². The average Bonchev–Trinajstić information content (AvgIpc) is 3.25. The van der Waals surface area contributed by atoms with Crippen molar-refractivity contribution in [2.24, 2.45) is 0 Å². The van der Waals surface area contributed by atoms with Crippen LogP contribution in [-0.2, 0) is 19.2 Å². The maximum atomic E-state index is 11.1. The molecule has 0 saturated carbocycles. The molecule has 380 valence electrons. The maximum absolute atomic E-state index is 11.1. The summed E-state index contributed by atoms with van der Waals surface area (Å²) < 4.78 is 4.15. The molecule has 12 unspecified atom stereocenters. The number of ketones is 2. The molecule has 6 aliphatic rings. The van der Waals surface area contributed by atoms with Crippen molar-refractivity contribution < 1.29 is 39.6 Å². The molecular weight excluding hydrogens is 1080 g/mol. The zero-order valence-electron chi connectivity index (χ0n) is 40.9. The molecule has 6 fully saturated rings. The highest BCUT2D eigenvalue weighted by molar-refractivity contribution is 14.0. The summed E-state index contributed by atoms with van der Waals surface area (Å²) in [6.45, 7) is 19.6. The van der Waals surface area contributed by atoms with E-state index in [1.807, 2.05) is 13.8 Å². The van der Waals surface area contributed by atoms with E-state index >= 15 is 0 Å². The minimum absolute atomic E-state index is 0. The molecular formula is C46H94I2N6O8P2. The number of aliphatic hydroxyl groups is 4. The highest BCUT2D eigenvalue weighted by atomic mass is 127. The minimum Gasteiger partial charge on any atom is -0.392 e. The van der Waals surface area contributed by atoms with Crippen LogP contribution in [0.25, 0.3) is 0 Å². The van der Waals surface area contributed by atoms with E-state index in [2.05, 4.69) is 38.8 Å². The number of aliphatic hydroxyl groups excluding tert-OH is 4. The summed E-state index contributed by atoms with van der Waals surface area (Å²) in [5.74, 6) is 0.769. The Morgan fingerprint density at radius 1 is 0.453 bits per heavy atom. The van der Waals surface area contributed by atoms with Gasteiger partial charge in [0.25, 0.3) is 0 Å². The third-order valence-corrected chi connectivity index (χ3v) is 14.1. The third kappa shape index (κ3) is 27.5. The highest BCUT2D eigenvalue weighted by Gasteiger charge is 2.29. The maximum Gasteiger partial charge on any atom is 0.219 e. The molecule has 64 heavy (non-hydrogen) atoms. The van der Waals surface area contributed by atoms with Crippen LogP contribution in [0, 0.1) is 0 Å². The molecule has 6 heterocycles. The zero-order chi connectivity index (χ0) is 46.8. The lowest BCUT2D eigenvalue weighted by Gasteiger charge is -2.36. The molecule has 6 rings (SSSR count). The first-order chi connectivity index (χ1) is 29.3. The van der Waals surface area contributed by atoms with Crippen molar-refractivity contribution in [2.75, 3.05) is 39.3 Å².